The van der Waals surface area contributed by atoms with E-state index in [1.54, 1.807) is 0 Å². The van der Waals surface area contributed by atoms with Crippen LogP contribution in [0.5, 0.6) is 0 Å². The van der Waals surface area contributed by atoms with Gasteiger partial charge in [-0.25, -0.2) is 0 Å². The van der Waals surface area contributed by atoms with Gasteiger partial charge in [0.2, 0.25) is 0 Å². The molecule has 35 heavy (non-hydrogen) atoms. The van der Waals surface area contributed by atoms with Crippen LogP contribution in [0, 0.1) is 0 Å². The molecule has 0 saturated heterocycles. The van der Waals surface area contributed by atoms with Crippen molar-refractivity contribution >= 4 is 0 Å². The van der Waals surface area contributed by atoms with Crippen molar-refractivity contribution in [1.82, 2.24) is 0 Å². The highest BCUT2D eigenvalue weighted by molar-refractivity contribution is 5.25. The minimum Gasteiger partial charge on any atom is -0.0683 e. The van der Waals surface area contributed by atoms with Crippen molar-refractivity contribution in [2.24, 2.45) is 0 Å². The molecule has 0 fully saturated rings. The lowest BCUT2D eigenvalue weighted by Crippen LogP contribution is -1.89. The predicted molar refractivity (Wildman–Crippen MR) is 161 cm³/mol. The van der Waals surface area contributed by atoms with E-state index in [1.165, 1.54) is 22.3 Å². The Kier molecular flexibility index (Phi) is 26.4. The van der Waals surface area contributed by atoms with Crippen LogP contribution >= 0.6 is 0 Å². The number of hydrogen-bond acceptors (Lipinski definition) is 0. The normalized spacial score (nSPS) is 8.34. The second-order valence-electron chi connectivity index (χ2n) is 6.62. The summed E-state index contributed by atoms with van der Waals surface area (Å²) in [5.41, 5.74) is 5.56. The van der Waals surface area contributed by atoms with Gasteiger partial charge in [-0.05, 0) is 41.5 Å². The van der Waals surface area contributed by atoms with Crippen LogP contribution in [0.2, 0.25) is 0 Å². The van der Waals surface area contributed by atoms with Gasteiger partial charge in [0.15, 0.2) is 0 Å². The first-order valence-electron chi connectivity index (χ1n) is 13.6. The summed E-state index contributed by atoms with van der Waals surface area (Å²) in [7, 11) is 0. The van der Waals surface area contributed by atoms with Crippen LogP contribution in [0.4, 0.5) is 0 Å². The average Bonchev–Trinajstić information content (AvgIpc) is 2.99. The van der Waals surface area contributed by atoms with E-state index >= 15 is 0 Å². The lowest BCUT2D eigenvalue weighted by Gasteiger charge is -2.01. The van der Waals surface area contributed by atoms with Crippen LogP contribution in [0.25, 0.3) is 0 Å². The van der Waals surface area contributed by atoms with Crippen LogP contribution in [0.1, 0.15) is 77.6 Å². The molecule has 0 unspecified atom stereocenters. The van der Waals surface area contributed by atoms with Crippen LogP contribution in [-0.4, -0.2) is 0 Å². The summed E-state index contributed by atoms with van der Waals surface area (Å²) in [5, 5.41) is 0. The van der Waals surface area contributed by atoms with Gasteiger partial charge in [0.05, 0.1) is 0 Å². The summed E-state index contributed by atoms with van der Waals surface area (Å²) in [6, 6.07) is 42.3. The Bertz CT molecular complexity index is 789. The van der Waals surface area contributed by atoms with Gasteiger partial charge in [-0.1, -0.05) is 177 Å². The third-order valence-corrected chi connectivity index (χ3v) is 4.48. The molecule has 4 aromatic carbocycles. The van der Waals surface area contributed by atoms with Crippen LogP contribution in [-0.2, 0) is 19.3 Å². The van der Waals surface area contributed by atoms with Gasteiger partial charge in [0.25, 0.3) is 0 Å². The van der Waals surface area contributed by atoms with E-state index in [-0.39, 0.29) is 0 Å². The Morgan fingerprint density at radius 1 is 0.286 bits per heavy atom. The zero-order valence-electron chi connectivity index (χ0n) is 23.7. The third kappa shape index (κ3) is 17.9. The number of benzene rings is 4. The van der Waals surface area contributed by atoms with Gasteiger partial charge in [-0.3, -0.25) is 0 Å². The van der Waals surface area contributed by atoms with Gasteiger partial charge in [0.1, 0.15) is 0 Å². The summed E-state index contributed by atoms with van der Waals surface area (Å²) >= 11 is 0. The fraction of sp³-hybridized carbons (Fsp3) is 0.314. The number of hydrogen-bond donors (Lipinski definition) is 0. The minimum atomic E-state index is 1.03. The molecule has 0 N–H and O–H groups in total. The van der Waals surface area contributed by atoms with Crippen molar-refractivity contribution in [2.75, 3.05) is 0 Å². The van der Waals surface area contributed by atoms with Crippen LogP contribution in [0.3, 0.4) is 0 Å². The van der Waals surface area contributed by atoms with Gasteiger partial charge in [-0.15, -0.1) is 0 Å². The first kappa shape index (κ1) is 34.0. The monoisotopic (exact) mass is 470 g/mol. The molecule has 0 amide bonds. The lowest BCUT2D eigenvalue weighted by molar-refractivity contribution is 0.960. The van der Waals surface area contributed by atoms with Gasteiger partial charge >= 0.3 is 0 Å². The van der Waals surface area contributed by atoms with Crippen molar-refractivity contribution < 1.29 is 0 Å². The molecule has 0 bridgehead atoms. The summed E-state index contributed by atoms with van der Waals surface area (Å²) in [6.07, 6.45) is 3.29. The van der Waals surface area contributed by atoms with Crippen molar-refractivity contribution in [3.05, 3.63) is 144 Å². The summed E-state index contributed by atoms with van der Waals surface area (Å²) in [4.78, 5) is 0. The third-order valence-electron chi connectivity index (χ3n) is 4.48. The topological polar surface area (TPSA) is 0 Å². The standard InChI is InChI=1S/C14H14.C13H12.4C2H6/c1-3-7-13(8-4-1)11-12-14-9-5-2-6-10-14;1-3-7-12(8-4-1)11-13-9-5-2-6-10-13;4*1-2/h1-10H,11-12H2;1-10H,11H2;4*1-2H3. The van der Waals surface area contributed by atoms with Crippen molar-refractivity contribution in [3.63, 3.8) is 0 Å². The van der Waals surface area contributed by atoms with E-state index in [2.05, 4.69) is 121 Å². The smallest absolute Gasteiger partial charge is 0.00258 e. The first-order valence-corrected chi connectivity index (χ1v) is 13.6. The molecule has 0 aromatic heterocycles. The molecule has 0 heterocycles. The minimum absolute atomic E-state index is 1.03. The van der Waals surface area contributed by atoms with E-state index in [0.29, 0.717) is 0 Å². The maximum absolute atomic E-state index is 2.18. The predicted octanol–water partition coefficient (Wildman–Crippen LogP) is 10.9. The Labute approximate surface area is 218 Å². The zero-order valence-corrected chi connectivity index (χ0v) is 23.7. The Morgan fingerprint density at radius 3 is 0.714 bits per heavy atom. The molecule has 4 aromatic rings. The maximum Gasteiger partial charge on any atom is -0.00258 e. The van der Waals surface area contributed by atoms with E-state index in [1.807, 2.05) is 55.4 Å². The number of rotatable bonds is 5. The first-order chi connectivity index (χ1) is 17.4. The molecule has 0 aliphatic heterocycles. The van der Waals surface area contributed by atoms with Gasteiger partial charge in [-0.2, -0.15) is 0 Å². The Balaban J connectivity index is 0. The van der Waals surface area contributed by atoms with E-state index < -0.39 is 0 Å². The Morgan fingerprint density at radius 2 is 0.486 bits per heavy atom. The molecule has 0 aliphatic rings. The quantitative estimate of drug-likeness (QED) is 0.272. The van der Waals surface area contributed by atoms with E-state index in [0.717, 1.165) is 19.3 Å². The lowest BCUT2D eigenvalue weighted by atomic mass is 10.0. The van der Waals surface area contributed by atoms with Crippen LogP contribution in [0.15, 0.2) is 121 Å². The highest BCUT2D eigenvalue weighted by atomic mass is 14.0. The summed E-state index contributed by atoms with van der Waals surface area (Å²) in [5.74, 6) is 0. The fourth-order valence-electron chi connectivity index (χ4n) is 3.01. The molecule has 0 heteroatoms. The molecule has 0 spiro atoms. The highest BCUT2D eigenvalue weighted by Crippen LogP contribution is 2.08. The molecule has 0 nitrogen and oxygen atoms in total. The van der Waals surface area contributed by atoms with Crippen molar-refractivity contribution in [2.45, 2.75) is 74.7 Å². The second kappa shape index (κ2) is 27.1. The largest absolute Gasteiger partial charge is 0.0683 e. The molecule has 0 aliphatic carbocycles. The molecule has 0 atom stereocenters. The van der Waals surface area contributed by atoms with Gasteiger partial charge < -0.3 is 0 Å². The molecule has 190 valence electrons. The van der Waals surface area contributed by atoms with Crippen LogP contribution < -0.4 is 0 Å². The Hall–Kier alpha value is -3.12. The zero-order chi connectivity index (χ0) is 26.6. The van der Waals surface area contributed by atoms with Crippen molar-refractivity contribution in [3.8, 4) is 0 Å². The highest BCUT2D eigenvalue weighted by Gasteiger charge is 1.94. The second-order valence-corrected chi connectivity index (χ2v) is 6.62. The molecule has 0 saturated carbocycles. The molecular weight excluding hydrogens is 420 g/mol. The van der Waals surface area contributed by atoms with Gasteiger partial charge in [0, 0.05) is 0 Å². The number of aryl methyl sites for hydroxylation is 2. The van der Waals surface area contributed by atoms with Crippen molar-refractivity contribution in [1.29, 1.82) is 0 Å². The molecule has 0 radical (unpaired) electrons. The van der Waals surface area contributed by atoms with E-state index in [4.69, 9.17) is 0 Å². The SMILES string of the molecule is CC.CC.CC.CC.c1ccc(CCc2ccccc2)cc1.c1ccc(Cc2ccccc2)cc1. The molecular formula is C35H50. The van der Waals surface area contributed by atoms with E-state index in [9.17, 15) is 0 Å². The summed E-state index contributed by atoms with van der Waals surface area (Å²) < 4.78 is 0. The fourth-order valence-corrected chi connectivity index (χ4v) is 3.01. The summed E-state index contributed by atoms with van der Waals surface area (Å²) in [6.45, 7) is 16.0. The average molecular weight is 471 g/mol. The molecule has 4 rings (SSSR count). The maximum atomic E-state index is 2.18.